The predicted molar refractivity (Wildman–Crippen MR) is 56.3 cm³/mol. The van der Waals surface area contributed by atoms with Gasteiger partial charge >= 0.3 is 0 Å². The molecule has 1 heterocycles. The Morgan fingerprint density at radius 2 is 2.40 bits per heavy atom. The molecule has 0 aromatic carbocycles. The van der Waals surface area contributed by atoms with Gasteiger partial charge in [0.2, 0.25) is 5.91 Å². The monoisotopic (exact) mass is 211 g/mol. The summed E-state index contributed by atoms with van der Waals surface area (Å²) in [4.78, 5) is 11.2. The first-order chi connectivity index (χ1) is 7.15. The largest absolute Gasteiger partial charge is 0.372 e. The average Bonchev–Trinajstić information content (AvgIpc) is 2.54. The summed E-state index contributed by atoms with van der Waals surface area (Å²) >= 11 is 0. The molecular weight excluding hydrogens is 194 g/mol. The first-order valence-corrected chi connectivity index (χ1v) is 4.97. The molecule has 0 aliphatic carbocycles. The zero-order valence-electron chi connectivity index (χ0n) is 9.41. The molecule has 1 N–H and O–H groups in total. The van der Waals surface area contributed by atoms with Gasteiger partial charge in [-0.1, -0.05) is 0 Å². The Morgan fingerprint density at radius 1 is 1.67 bits per heavy atom. The minimum Gasteiger partial charge on any atom is -0.372 e. The Bertz CT molecular complexity index is 333. The minimum absolute atomic E-state index is 0.0971. The molecule has 0 atom stereocenters. The van der Waals surface area contributed by atoms with Gasteiger partial charge < -0.3 is 10.1 Å². The van der Waals surface area contributed by atoms with Gasteiger partial charge in [-0.15, -0.1) is 0 Å². The zero-order chi connectivity index (χ0) is 11.3. The van der Waals surface area contributed by atoms with E-state index in [4.69, 9.17) is 4.74 Å². The number of rotatable bonds is 5. The van der Waals surface area contributed by atoms with Gasteiger partial charge in [0.15, 0.2) is 0 Å². The molecule has 0 aliphatic heterocycles. The molecule has 0 bridgehead atoms. The van der Waals surface area contributed by atoms with E-state index < -0.39 is 0 Å². The van der Waals surface area contributed by atoms with Crippen molar-refractivity contribution in [3.63, 3.8) is 0 Å². The van der Waals surface area contributed by atoms with Crippen molar-refractivity contribution in [2.75, 3.05) is 13.2 Å². The highest BCUT2D eigenvalue weighted by Gasteiger charge is 2.05. The number of nitrogens with one attached hydrogen (secondary N) is 1. The Hall–Kier alpha value is -1.36. The molecule has 0 unspecified atom stereocenters. The molecule has 5 nitrogen and oxygen atoms in total. The lowest BCUT2D eigenvalue weighted by molar-refractivity contribution is -0.125. The zero-order valence-corrected chi connectivity index (χ0v) is 9.41. The second kappa shape index (κ2) is 5.50. The van der Waals surface area contributed by atoms with Crippen LogP contribution in [0.1, 0.15) is 18.2 Å². The number of hydrogen-bond acceptors (Lipinski definition) is 3. The summed E-state index contributed by atoms with van der Waals surface area (Å²) in [6.07, 6.45) is 1.76. The fourth-order valence-electron chi connectivity index (χ4n) is 1.16. The van der Waals surface area contributed by atoms with Gasteiger partial charge in [0.25, 0.3) is 0 Å². The van der Waals surface area contributed by atoms with E-state index in [2.05, 4.69) is 10.4 Å². The molecule has 1 aromatic rings. The van der Waals surface area contributed by atoms with E-state index in [1.807, 2.05) is 20.9 Å². The highest BCUT2D eigenvalue weighted by atomic mass is 16.5. The van der Waals surface area contributed by atoms with Crippen LogP contribution in [0.5, 0.6) is 0 Å². The van der Waals surface area contributed by atoms with Gasteiger partial charge in [-0.3, -0.25) is 9.48 Å². The fraction of sp³-hybridized carbons (Fsp3) is 0.600. The molecule has 1 rings (SSSR count). The van der Waals surface area contributed by atoms with Crippen LogP contribution in [0, 0.1) is 6.92 Å². The summed E-state index contributed by atoms with van der Waals surface area (Å²) in [5, 5.41) is 6.86. The third kappa shape index (κ3) is 3.36. The first-order valence-electron chi connectivity index (χ1n) is 4.97. The predicted octanol–water partition coefficient (Wildman–Crippen LogP) is 0.381. The van der Waals surface area contributed by atoms with Crippen LogP contribution in [0.3, 0.4) is 0 Å². The van der Waals surface area contributed by atoms with Crippen molar-refractivity contribution in [3.8, 4) is 0 Å². The van der Waals surface area contributed by atoms with Crippen molar-refractivity contribution in [3.05, 3.63) is 17.5 Å². The quantitative estimate of drug-likeness (QED) is 0.766. The van der Waals surface area contributed by atoms with Crippen LogP contribution in [-0.4, -0.2) is 28.9 Å². The van der Waals surface area contributed by atoms with Crippen LogP contribution < -0.4 is 5.32 Å². The van der Waals surface area contributed by atoms with Crippen LogP contribution in [0.25, 0.3) is 0 Å². The van der Waals surface area contributed by atoms with E-state index in [0.29, 0.717) is 13.2 Å². The lowest BCUT2D eigenvalue weighted by Crippen LogP contribution is -2.27. The van der Waals surface area contributed by atoms with Gasteiger partial charge in [0.1, 0.15) is 6.61 Å². The Morgan fingerprint density at radius 3 is 2.93 bits per heavy atom. The summed E-state index contributed by atoms with van der Waals surface area (Å²) in [5.41, 5.74) is 2.09. The van der Waals surface area contributed by atoms with Crippen LogP contribution >= 0.6 is 0 Å². The second-order valence-electron chi connectivity index (χ2n) is 3.29. The lowest BCUT2D eigenvalue weighted by atomic mass is 10.2. The van der Waals surface area contributed by atoms with Crippen LogP contribution in [0.2, 0.25) is 0 Å². The summed E-state index contributed by atoms with van der Waals surface area (Å²) in [6.45, 7) is 5.01. The molecule has 0 saturated heterocycles. The molecule has 15 heavy (non-hydrogen) atoms. The highest BCUT2D eigenvalue weighted by Crippen LogP contribution is 2.04. The molecule has 0 saturated carbocycles. The van der Waals surface area contributed by atoms with Gasteiger partial charge in [0.05, 0.1) is 6.20 Å². The lowest BCUT2D eigenvalue weighted by Gasteiger charge is -2.04. The summed E-state index contributed by atoms with van der Waals surface area (Å²) in [7, 11) is 1.88. The number of carbonyl (C=O) groups excluding carboxylic acids is 1. The molecule has 0 fully saturated rings. The third-order valence-corrected chi connectivity index (χ3v) is 2.25. The van der Waals surface area contributed by atoms with E-state index >= 15 is 0 Å². The maximum Gasteiger partial charge on any atom is 0.246 e. The van der Waals surface area contributed by atoms with Crippen molar-refractivity contribution < 1.29 is 9.53 Å². The molecule has 0 aliphatic rings. The van der Waals surface area contributed by atoms with Crippen molar-refractivity contribution >= 4 is 5.91 Å². The molecule has 0 radical (unpaired) electrons. The number of nitrogens with zero attached hydrogens (tertiary/aromatic N) is 2. The number of amides is 1. The molecular formula is C10H17N3O2. The standard InChI is InChI=1S/C10H17N3O2/c1-4-15-7-10(14)11-5-9-6-12-13(3)8(9)2/h6H,4-5,7H2,1-3H3,(H,11,14). The normalized spacial score (nSPS) is 10.3. The Balaban J connectivity index is 2.37. The molecule has 0 spiro atoms. The van der Waals surface area contributed by atoms with E-state index in [1.54, 1.807) is 10.9 Å². The molecule has 5 heteroatoms. The SMILES string of the molecule is CCOCC(=O)NCc1cnn(C)c1C. The van der Waals surface area contributed by atoms with Crippen molar-refractivity contribution in [2.24, 2.45) is 7.05 Å². The van der Waals surface area contributed by atoms with Gasteiger partial charge in [0, 0.05) is 31.5 Å². The second-order valence-corrected chi connectivity index (χ2v) is 3.29. The number of aromatic nitrogens is 2. The smallest absolute Gasteiger partial charge is 0.246 e. The molecule has 84 valence electrons. The van der Waals surface area contributed by atoms with E-state index in [1.165, 1.54) is 0 Å². The minimum atomic E-state index is -0.0971. The summed E-state index contributed by atoms with van der Waals surface area (Å²) < 4.78 is 6.77. The van der Waals surface area contributed by atoms with Crippen LogP contribution in [0.15, 0.2) is 6.20 Å². The third-order valence-electron chi connectivity index (χ3n) is 2.25. The van der Waals surface area contributed by atoms with Gasteiger partial charge in [-0.25, -0.2) is 0 Å². The maximum atomic E-state index is 11.2. The number of carbonyl (C=O) groups is 1. The topological polar surface area (TPSA) is 56.1 Å². The average molecular weight is 211 g/mol. The van der Waals surface area contributed by atoms with Gasteiger partial charge in [-0.2, -0.15) is 5.10 Å². The summed E-state index contributed by atoms with van der Waals surface area (Å²) in [6, 6.07) is 0. The van der Waals surface area contributed by atoms with Crippen LogP contribution in [0.4, 0.5) is 0 Å². The summed E-state index contributed by atoms with van der Waals surface area (Å²) in [5.74, 6) is -0.0971. The molecule has 1 aromatic heterocycles. The highest BCUT2D eigenvalue weighted by molar-refractivity contribution is 5.77. The van der Waals surface area contributed by atoms with Crippen molar-refractivity contribution in [2.45, 2.75) is 20.4 Å². The van der Waals surface area contributed by atoms with E-state index in [0.717, 1.165) is 11.3 Å². The number of hydrogen-bond donors (Lipinski definition) is 1. The Kier molecular flexibility index (Phi) is 4.30. The van der Waals surface area contributed by atoms with Crippen molar-refractivity contribution in [1.29, 1.82) is 0 Å². The fourth-order valence-corrected chi connectivity index (χ4v) is 1.16. The maximum absolute atomic E-state index is 11.2. The first kappa shape index (κ1) is 11.7. The number of ether oxygens (including phenoxy) is 1. The van der Waals surface area contributed by atoms with Gasteiger partial charge in [-0.05, 0) is 13.8 Å². The van der Waals surface area contributed by atoms with Crippen molar-refractivity contribution in [1.82, 2.24) is 15.1 Å². The molecule has 1 amide bonds. The van der Waals surface area contributed by atoms with E-state index in [-0.39, 0.29) is 12.5 Å². The number of aryl methyl sites for hydroxylation is 1. The van der Waals surface area contributed by atoms with Crippen LogP contribution in [-0.2, 0) is 23.1 Å². The Labute approximate surface area is 89.4 Å². The van der Waals surface area contributed by atoms with E-state index in [9.17, 15) is 4.79 Å².